The van der Waals surface area contributed by atoms with Crippen LogP contribution in [0.25, 0.3) is 0 Å². The zero-order chi connectivity index (χ0) is 14.5. The summed E-state index contributed by atoms with van der Waals surface area (Å²) in [6.07, 6.45) is 1.53. The van der Waals surface area contributed by atoms with E-state index in [-0.39, 0.29) is 0 Å². The van der Waals surface area contributed by atoms with Crippen LogP contribution in [-0.4, -0.2) is 48.3 Å². The van der Waals surface area contributed by atoms with Crippen LogP contribution in [-0.2, 0) is 14.3 Å². The molecule has 2 rings (SSSR count). The van der Waals surface area contributed by atoms with E-state index in [9.17, 15) is 9.59 Å². The minimum absolute atomic E-state index is 0.486. The molecule has 1 aliphatic heterocycles. The van der Waals surface area contributed by atoms with Crippen molar-refractivity contribution in [2.45, 2.75) is 6.92 Å². The normalized spacial score (nSPS) is 16.6. The number of rotatable bonds is 4. The number of carbonyl (C=O) groups excluding carboxylic acids is 1. The molecule has 20 heavy (non-hydrogen) atoms. The fraction of sp³-hybridized carbons (Fsp3) is 0.462. The molecule has 7 heteroatoms. The van der Waals surface area contributed by atoms with Crippen molar-refractivity contribution in [2.75, 3.05) is 36.5 Å². The van der Waals surface area contributed by atoms with E-state index in [0.717, 1.165) is 18.9 Å². The average molecular weight is 279 g/mol. The lowest BCUT2D eigenvalue weighted by Crippen LogP contribution is -2.36. The molecule has 0 bridgehead atoms. The lowest BCUT2D eigenvalue weighted by atomic mass is 10.1. The Kier molecular flexibility index (Phi) is 4.52. The highest BCUT2D eigenvalue weighted by Crippen LogP contribution is 2.16. The predicted molar refractivity (Wildman–Crippen MR) is 72.7 cm³/mol. The van der Waals surface area contributed by atoms with E-state index in [2.05, 4.69) is 15.2 Å². The summed E-state index contributed by atoms with van der Waals surface area (Å²) in [6.45, 7) is 4.27. The molecule has 0 aliphatic carbocycles. The Balaban J connectivity index is 1.97. The minimum atomic E-state index is -1.15. The number of aliphatic carboxylic acids is 1. The summed E-state index contributed by atoms with van der Waals surface area (Å²) in [5.41, 5.74) is 0.486. The second kappa shape index (κ2) is 6.33. The van der Waals surface area contributed by atoms with Crippen LogP contribution in [0, 0.1) is 5.92 Å². The average Bonchev–Trinajstić information content (AvgIpc) is 2.48. The van der Waals surface area contributed by atoms with Crippen LogP contribution < -0.4 is 10.2 Å². The maximum atomic E-state index is 11.6. The van der Waals surface area contributed by atoms with Crippen molar-refractivity contribution in [3.05, 3.63) is 18.3 Å². The highest BCUT2D eigenvalue weighted by molar-refractivity contribution is 6.03. The zero-order valence-corrected chi connectivity index (χ0v) is 11.2. The molecule has 0 radical (unpaired) electrons. The van der Waals surface area contributed by atoms with E-state index in [1.807, 2.05) is 0 Å². The monoisotopic (exact) mass is 279 g/mol. The molecule has 108 valence electrons. The number of ether oxygens (including phenoxy) is 1. The molecule has 0 aromatic carbocycles. The van der Waals surface area contributed by atoms with Gasteiger partial charge in [-0.15, -0.1) is 0 Å². The predicted octanol–water partition coefficient (Wildman–Crippen LogP) is 0.577. The standard InChI is InChI=1S/C13H17N3O4/c1-9(13(18)19)12(17)15-10-2-3-11(14-8-10)16-4-6-20-7-5-16/h2-3,8-9H,4-7H2,1H3,(H,15,17)(H,18,19). The summed E-state index contributed by atoms with van der Waals surface area (Å²) in [6, 6.07) is 3.51. The molecular formula is C13H17N3O4. The maximum absolute atomic E-state index is 11.6. The van der Waals surface area contributed by atoms with Gasteiger partial charge in [-0.25, -0.2) is 4.98 Å². The van der Waals surface area contributed by atoms with Gasteiger partial charge in [0.25, 0.3) is 0 Å². The van der Waals surface area contributed by atoms with Crippen LogP contribution in [0.3, 0.4) is 0 Å². The van der Waals surface area contributed by atoms with E-state index in [1.165, 1.54) is 13.1 Å². The van der Waals surface area contributed by atoms with Crippen molar-refractivity contribution in [1.29, 1.82) is 0 Å². The Morgan fingerprint density at radius 1 is 1.40 bits per heavy atom. The van der Waals surface area contributed by atoms with Crippen molar-refractivity contribution < 1.29 is 19.4 Å². The highest BCUT2D eigenvalue weighted by Gasteiger charge is 2.20. The van der Waals surface area contributed by atoms with Crippen molar-refractivity contribution >= 4 is 23.4 Å². The molecule has 1 atom stereocenters. The van der Waals surface area contributed by atoms with E-state index >= 15 is 0 Å². The number of carbonyl (C=O) groups is 2. The summed E-state index contributed by atoms with van der Waals surface area (Å²) in [5.74, 6) is -1.98. The maximum Gasteiger partial charge on any atom is 0.315 e. The van der Waals surface area contributed by atoms with Gasteiger partial charge < -0.3 is 20.1 Å². The number of hydrogen-bond donors (Lipinski definition) is 2. The molecule has 1 fully saturated rings. The quantitative estimate of drug-likeness (QED) is 0.783. The fourth-order valence-corrected chi connectivity index (χ4v) is 1.80. The highest BCUT2D eigenvalue weighted by atomic mass is 16.5. The molecule has 1 saturated heterocycles. The number of hydrogen-bond acceptors (Lipinski definition) is 5. The van der Waals surface area contributed by atoms with Gasteiger partial charge in [0.2, 0.25) is 5.91 Å². The first-order chi connectivity index (χ1) is 9.58. The Labute approximate surface area is 116 Å². The molecular weight excluding hydrogens is 262 g/mol. The number of aromatic nitrogens is 1. The first-order valence-corrected chi connectivity index (χ1v) is 6.40. The Hall–Kier alpha value is -2.15. The molecule has 1 aromatic rings. The third-order valence-corrected chi connectivity index (χ3v) is 3.11. The number of carboxylic acid groups (broad SMARTS) is 1. The van der Waals surface area contributed by atoms with Gasteiger partial charge >= 0.3 is 5.97 Å². The lowest BCUT2D eigenvalue weighted by Gasteiger charge is -2.27. The summed E-state index contributed by atoms with van der Waals surface area (Å²) in [7, 11) is 0. The summed E-state index contributed by atoms with van der Waals surface area (Å²) < 4.78 is 5.26. The van der Waals surface area contributed by atoms with Crippen molar-refractivity contribution in [3.63, 3.8) is 0 Å². The van der Waals surface area contributed by atoms with Crippen molar-refractivity contribution in [3.8, 4) is 0 Å². The summed E-state index contributed by atoms with van der Waals surface area (Å²) >= 11 is 0. The molecule has 7 nitrogen and oxygen atoms in total. The van der Waals surface area contributed by atoms with Crippen LogP contribution in [0.15, 0.2) is 18.3 Å². The molecule has 1 aliphatic rings. The van der Waals surface area contributed by atoms with Gasteiger partial charge in [0.15, 0.2) is 0 Å². The Morgan fingerprint density at radius 2 is 2.10 bits per heavy atom. The topological polar surface area (TPSA) is 91.8 Å². The molecule has 1 aromatic heterocycles. The molecule has 1 unspecified atom stereocenters. The van der Waals surface area contributed by atoms with Gasteiger partial charge in [-0.05, 0) is 19.1 Å². The number of carboxylic acids is 1. The number of morpholine rings is 1. The number of nitrogens with zero attached hydrogens (tertiary/aromatic N) is 2. The second-order valence-corrected chi connectivity index (χ2v) is 4.55. The zero-order valence-electron chi connectivity index (χ0n) is 11.2. The van der Waals surface area contributed by atoms with Crippen molar-refractivity contribution in [1.82, 2.24) is 4.98 Å². The summed E-state index contributed by atoms with van der Waals surface area (Å²) in [4.78, 5) is 28.7. The Morgan fingerprint density at radius 3 is 2.65 bits per heavy atom. The molecule has 0 saturated carbocycles. The first kappa shape index (κ1) is 14.3. The smallest absolute Gasteiger partial charge is 0.315 e. The van der Waals surface area contributed by atoms with Gasteiger partial charge in [0, 0.05) is 13.1 Å². The van der Waals surface area contributed by atoms with Gasteiger partial charge in [-0.2, -0.15) is 0 Å². The van der Waals surface area contributed by atoms with Gasteiger partial charge in [-0.1, -0.05) is 0 Å². The van der Waals surface area contributed by atoms with E-state index < -0.39 is 17.8 Å². The molecule has 0 spiro atoms. The number of nitrogens with one attached hydrogen (secondary N) is 1. The minimum Gasteiger partial charge on any atom is -0.481 e. The summed E-state index contributed by atoms with van der Waals surface area (Å²) in [5, 5.41) is 11.3. The molecule has 1 amide bonds. The van der Waals surface area contributed by atoms with Crippen LogP contribution in [0.5, 0.6) is 0 Å². The largest absolute Gasteiger partial charge is 0.481 e. The van der Waals surface area contributed by atoms with Crippen LogP contribution in [0.2, 0.25) is 0 Å². The third kappa shape index (κ3) is 3.45. The number of pyridine rings is 1. The van der Waals surface area contributed by atoms with Crippen LogP contribution >= 0.6 is 0 Å². The third-order valence-electron chi connectivity index (χ3n) is 3.11. The number of amides is 1. The second-order valence-electron chi connectivity index (χ2n) is 4.55. The van der Waals surface area contributed by atoms with Gasteiger partial charge in [0.05, 0.1) is 25.1 Å². The Bertz CT molecular complexity index is 483. The number of anilines is 2. The van der Waals surface area contributed by atoms with Gasteiger partial charge in [0.1, 0.15) is 11.7 Å². The molecule has 2 N–H and O–H groups in total. The van der Waals surface area contributed by atoms with E-state index in [4.69, 9.17) is 9.84 Å². The SMILES string of the molecule is CC(C(=O)O)C(=O)Nc1ccc(N2CCOCC2)nc1. The van der Waals surface area contributed by atoms with E-state index in [1.54, 1.807) is 12.1 Å². The fourth-order valence-electron chi connectivity index (χ4n) is 1.80. The van der Waals surface area contributed by atoms with Crippen molar-refractivity contribution in [2.24, 2.45) is 5.92 Å². The van der Waals surface area contributed by atoms with Gasteiger partial charge in [-0.3, -0.25) is 9.59 Å². The first-order valence-electron chi connectivity index (χ1n) is 6.40. The molecule has 2 heterocycles. The lowest BCUT2D eigenvalue weighted by molar-refractivity contribution is -0.144. The van der Waals surface area contributed by atoms with Crippen LogP contribution in [0.1, 0.15) is 6.92 Å². The van der Waals surface area contributed by atoms with Crippen LogP contribution in [0.4, 0.5) is 11.5 Å². The van der Waals surface area contributed by atoms with E-state index in [0.29, 0.717) is 18.9 Å².